The fourth-order valence-electron chi connectivity index (χ4n) is 4.87. The van der Waals surface area contributed by atoms with Gasteiger partial charge in [-0.05, 0) is 56.4 Å². The highest BCUT2D eigenvalue weighted by Gasteiger charge is 2.44. The highest BCUT2D eigenvalue weighted by atomic mass is 16.9. The standard InChI is InChI=1S/C27H34O6.C3H7NO3/c1-3-4-7-19(2)23(29)14-12-20-13-15-24-26(20)22-10-5-8-21(27(22)33-24)9-6-11-25(30)32-17-16-31-18-28;1-2-3-7-4(5)6/h5,8,10,12,14,18-20,23-24,26,29H,6-7,9,11,13,15-17H2,1-2H3;2-3H2,1H3/b14-12+;. The molecule has 1 heterocycles. The predicted molar refractivity (Wildman–Crippen MR) is 148 cm³/mol. The van der Waals surface area contributed by atoms with Gasteiger partial charge in [-0.1, -0.05) is 44.2 Å². The number of hydrogen-bond donors (Lipinski definition) is 1. The summed E-state index contributed by atoms with van der Waals surface area (Å²) in [5.41, 5.74) is 2.35. The van der Waals surface area contributed by atoms with E-state index in [9.17, 15) is 24.8 Å². The smallest absolute Gasteiger partial charge is 0.305 e. The number of aliphatic hydroxyl groups excluding tert-OH is 1. The van der Waals surface area contributed by atoms with E-state index in [4.69, 9.17) is 9.47 Å². The number of esters is 1. The van der Waals surface area contributed by atoms with Gasteiger partial charge in [0.15, 0.2) is 0 Å². The zero-order valence-corrected chi connectivity index (χ0v) is 23.6. The molecule has 1 saturated carbocycles. The van der Waals surface area contributed by atoms with Crippen LogP contribution in [-0.2, 0) is 30.3 Å². The number of hydrogen-bond acceptors (Lipinski definition) is 9. The summed E-state index contributed by atoms with van der Waals surface area (Å²) in [5, 5.41) is 19.0. The van der Waals surface area contributed by atoms with E-state index in [1.807, 2.05) is 26.8 Å². The maximum Gasteiger partial charge on any atom is 0.305 e. The van der Waals surface area contributed by atoms with Gasteiger partial charge in [0.25, 0.3) is 11.6 Å². The average Bonchev–Trinajstić information content (AvgIpc) is 3.52. The normalized spacial score (nSPS) is 19.9. The van der Waals surface area contributed by atoms with Crippen molar-refractivity contribution in [1.82, 2.24) is 0 Å². The lowest BCUT2D eigenvalue weighted by Crippen LogP contribution is -2.17. The predicted octanol–water partition coefficient (Wildman–Crippen LogP) is 4.55. The summed E-state index contributed by atoms with van der Waals surface area (Å²) in [6.45, 7) is 6.35. The second kappa shape index (κ2) is 17.9. The van der Waals surface area contributed by atoms with E-state index in [0.29, 0.717) is 44.0 Å². The average molecular weight is 560 g/mol. The van der Waals surface area contributed by atoms with Crippen LogP contribution >= 0.6 is 0 Å². The lowest BCUT2D eigenvalue weighted by atomic mass is 9.86. The minimum absolute atomic E-state index is 0.0798. The Morgan fingerprint density at radius 2 is 2.10 bits per heavy atom. The molecule has 10 heteroatoms. The Morgan fingerprint density at radius 1 is 1.30 bits per heavy atom. The first-order chi connectivity index (χ1) is 19.3. The van der Waals surface area contributed by atoms with Crippen LogP contribution in [0, 0.1) is 33.8 Å². The molecule has 0 bridgehead atoms. The highest BCUT2D eigenvalue weighted by molar-refractivity contribution is 5.69. The van der Waals surface area contributed by atoms with Gasteiger partial charge < -0.3 is 24.2 Å². The maximum atomic E-state index is 11.8. The number of para-hydroxylation sites is 1. The SMILES string of the molecule is CC#CCC(C)C(O)/C=C/C1CCC2Oc3c(CCCC(=O)OCCOC=O)cccc3C12.CCCO[N+](=O)[O-]. The number of carbonyl (C=O) groups is 2. The Labute approximate surface area is 236 Å². The van der Waals surface area contributed by atoms with Crippen LogP contribution in [0.4, 0.5) is 0 Å². The van der Waals surface area contributed by atoms with E-state index in [1.54, 1.807) is 0 Å². The lowest BCUT2D eigenvalue weighted by Gasteiger charge is -2.17. The number of rotatable bonds is 15. The van der Waals surface area contributed by atoms with Gasteiger partial charge in [0.05, 0.1) is 12.7 Å². The Kier molecular flexibility index (Phi) is 14.6. The van der Waals surface area contributed by atoms with Crippen molar-refractivity contribution in [3.63, 3.8) is 0 Å². The number of aryl methyl sites for hydroxylation is 1. The Balaban J connectivity index is 0.000000708. The molecule has 5 unspecified atom stereocenters. The number of ether oxygens (including phenoxy) is 3. The summed E-state index contributed by atoms with van der Waals surface area (Å²) in [6.07, 6.45) is 8.89. The molecule has 1 aliphatic carbocycles. The lowest BCUT2D eigenvalue weighted by molar-refractivity contribution is -0.757. The van der Waals surface area contributed by atoms with Crippen LogP contribution in [-0.4, -0.2) is 54.7 Å². The van der Waals surface area contributed by atoms with Crippen LogP contribution in [0.5, 0.6) is 5.75 Å². The van der Waals surface area contributed by atoms with Crippen molar-refractivity contribution in [3.05, 3.63) is 51.6 Å². The van der Waals surface area contributed by atoms with Gasteiger partial charge in [0, 0.05) is 24.3 Å². The summed E-state index contributed by atoms with van der Waals surface area (Å²) < 4.78 is 15.9. The maximum absolute atomic E-state index is 11.8. The third kappa shape index (κ3) is 10.5. The molecule has 5 atom stereocenters. The molecule has 0 saturated heterocycles. The third-order valence-electron chi connectivity index (χ3n) is 6.90. The van der Waals surface area contributed by atoms with Crippen LogP contribution < -0.4 is 4.74 Å². The van der Waals surface area contributed by atoms with Gasteiger partial charge in [0.1, 0.15) is 25.1 Å². The van der Waals surface area contributed by atoms with Gasteiger partial charge in [-0.2, -0.15) is 0 Å². The van der Waals surface area contributed by atoms with E-state index < -0.39 is 11.2 Å². The van der Waals surface area contributed by atoms with E-state index in [2.05, 4.69) is 45.7 Å². The number of aliphatic hydroxyl groups is 1. The van der Waals surface area contributed by atoms with Crippen molar-refractivity contribution >= 4 is 12.4 Å². The minimum atomic E-state index is -0.788. The van der Waals surface area contributed by atoms with Gasteiger partial charge in [-0.25, -0.2) is 0 Å². The Morgan fingerprint density at radius 3 is 2.77 bits per heavy atom. The van der Waals surface area contributed by atoms with Gasteiger partial charge in [-0.15, -0.1) is 22.0 Å². The number of carbonyl (C=O) groups excluding carboxylic acids is 2. The van der Waals surface area contributed by atoms with Crippen LogP contribution in [0.25, 0.3) is 0 Å². The number of allylic oxidation sites excluding steroid dienone is 1. The summed E-state index contributed by atoms with van der Waals surface area (Å²) in [4.78, 5) is 35.2. The van der Waals surface area contributed by atoms with Gasteiger partial charge in [-0.3, -0.25) is 9.59 Å². The fraction of sp³-hybridized carbons (Fsp3) is 0.600. The largest absolute Gasteiger partial charge is 0.489 e. The molecule has 10 nitrogen and oxygen atoms in total. The number of fused-ring (bicyclic) bond motifs is 3. The molecule has 1 aliphatic heterocycles. The van der Waals surface area contributed by atoms with Crippen molar-refractivity contribution in [2.45, 2.75) is 83.8 Å². The first-order valence-corrected chi connectivity index (χ1v) is 13.8. The highest BCUT2D eigenvalue weighted by Crippen LogP contribution is 2.52. The molecular weight excluding hydrogens is 518 g/mol. The molecule has 2 aliphatic rings. The molecule has 0 spiro atoms. The fourth-order valence-corrected chi connectivity index (χ4v) is 4.87. The molecule has 1 fully saturated rings. The zero-order chi connectivity index (χ0) is 29.3. The van der Waals surface area contributed by atoms with E-state index in [0.717, 1.165) is 30.6 Å². The summed E-state index contributed by atoms with van der Waals surface area (Å²) in [7, 11) is 0. The summed E-state index contributed by atoms with van der Waals surface area (Å²) in [6, 6.07) is 6.27. The molecule has 40 heavy (non-hydrogen) atoms. The first kappa shape index (κ1) is 32.6. The van der Waals surface area contributed by atoms with Crippen LogP contribution in [0.15, 0.2) is 30.4 Å². The molecule has 220 valence electrons. The molecule has 1 N–H and O–H groups in total. The van der Waals surface area contributed by atoms with E-state index >= 15 is 0 Å². The molecule has 1 aromatic carbocycles. The van der Waals surface area contributed by atoms with Crippen LogP contribution in [0.3, 0.4) is 0 Å². The molecule has 0 aromatic heterocycles. The summed E-state index contributed by atoms with van der Waals surface area (Å²) in [5.74, 6) is 7.35. The molecule has 0 amide bonds. The zero-order valence-electron chi connectivity index (χ0n) is 23.6. The van der Waals surface area contributed by atoms with Crippen LogP contribution in [0.2, 0.25) is 0 Å². The molecule has 0 radical (unpaired) electrons. The number of benzene rings is 1. The van der Waals surface area contributed by atoms with Gasteiger partial charge in [0.2, 0.25) is 0 Å². The minimum Gasteiger partial charge on any atom is -0.489 e. The van der Waals surface area contributed by atoms with Gasteiger partial charge >= 0.3 is 5.97 Å². The molecular formula is C30H41NO9. The monoisotopic (exact) mass is 559 g/mol. The van der Waals surface area contributed by atoms with E-state index in [1.165, 1.54) is 5.56 Å². The quantitative estimate of drug-likeness (QED) is 0.0624. The van der Waals surface area contributed by atoms with Crippen molar-refractivity contribution in [3.8, 4) is 17.6 Å². The Bertz CT molecular complexity index is 1050. The van der Waals surface area contributed by atoms with Crippen molar-refractivity contribution in [2.24, 2.45) is 11.8 Å². The second-order valence-electron chi connectivity index (χ2n) is 9.84. The van der Waals surface area contributed by atoms with Crippen molar-refractivity contribution < 1.29 is 38.8 Å². The Hall–Kier alpha value is -3.58. The van der Waals surface area contributed by atoms with Crippen molar-refractivity contribution in [1.29, 1.82) is 0 Å². The summed E-state index contributed by atoms with van der Waals surface area (Å²) >= 11 is 0. The van der Waals surface area contributed by atoms with Crippen molar-refractivity contribution in [2.75, 3.05) is 19.8 Å². The molecule has 1 aromatic rings. The number of nitrogens with zero attached hydrogens (tertiary/aromatic N) is 1. The van der Waals surface area contributed by atoms with Crippen LogP contribution in [0.1, 0.15) is 76.3 Å². The first-order valence-electron chi connectivity index (χ1n) is 13.8. The third-order valence-corrected chi connectivity index (χ3v) is 6.90. The molecule has 3 rings (SSSR count). The topological polar surface area (TPSA) is 134 Å². The van der Waals surface area contributed by atoms with E-state index in [-0.39, 0.29) is 37.8 Å². The second-order valence-corrected chi connectivity index (χ2v) is 9.84.